The number of hydrogen-bond acceptors (Lipinski definition) is 3. The topological polar surface area (TPSA) is 25.8 Å². The number of thiophene rings is 1. The highest BCUT2D eigenvalue weighted by molar-refractivity contribution is 7.26. The molecule has 0 saturated carbocycles. The van der Waals surface area contributed by atoms with Crippen LogP contribution in [0.15, 0.2) is 146 Å². The van der Waals surface area contributed by atoms with Gasteiger partial charge in [0.05, 0.1) is 11.4 Å². The SMILES string of the molecule is c1ccc2c(c1)ccc1cc(-c3cc(-c4ccc5c(c4)sc4cc6c7ccccc7c7ccccc7c6cc45)ncn3)ccc12. The van der Waals surface area contributed by atoms with Crippen LogP contribution in [0.25, 0.3) is 96.5 Å². The Morgan fingerprint density at radius 1 is 0.333 bits per heavy atom. The summed E-state index contributed by atoms with van der Waals surface area (Å²) < 4.78 is 2.58. The minimum atomic E-state index is 0.927. The normalized spacial score (nSPS) is 12.0. The molecule has 2 aromatic heterocycles. The predicted molar refractivity (Wildman–Crippen MR) is 193 cm³/mol. The third-order valence-corrected chi connectivity index (χ3v) is 10.5. The third kappa shape index (κ3) is 3.75. The lowest BCUT2D eigenvalue weighted by Crippen LogP contribution is -1.89. The Bertz CT molecular complexity index is 2830. The van der Waals surface area contributed by atoms with E-state index in [-0.39, 0.29) is 0 Å². The van der Waals surface area contributed by atoms with Gasteiger partial charge in [-0.1, -0.05) is 109 Å². The van der Waals surface area contributed by atoms with Crippen LogP contribution in [0.4, 0.5) is 0 Å². The number of fused-ring (bicyclic) bond motifs is 12. The van der Waals surface area contributed by atoms with E-state index in [4.69, 9.17) is 4.98 Å². The van der Waals surface area contributed by atoms with Crippen molar-refractivity contribution in [3.05, 3.63) is 146 Å². The van der Waals surface area contributed by atoms with Gasteiger partial charge >= 0.3 is 0 Å². The van der Waals surface area contributed by atoms with Gasteiger partial charge in [0.1, 0.15) is 6.33 Å². The second kappa shape index (κ2) is 9.43. The first kappa shape index (κ1) is 24.8. The molecule has 0 aliphatic heterocycles. The second-order valence-corrected chi connectivity index (χ2v) is 12.9. The number of benzene rings is 8. The Morgan fingerprint density at radius 2 is 0.867 bits per heavy atom. The quantitative estimate of drug-likeness (QED) is 0.188. The molecule has 2 heterocycles. The lowest BCUT2D eigenvalue weighted by Gasteiger charge is -2.10. The van der Waals surface area contributed by atoms with Crippen molar-refractivity contribution in [3.63, 3.8) is 0 Å². The van der Waals surface area contributed by atoms with Gasteiger partial charge in [-0.25, -0.2) is 9.97 Å². The molecule has 45 heavy (non-hydrogen) atoms. The molecule has 8 aromatic carbocycles. The molecule has 10 rings (SSSR count). The van der Waals surface area contributed by atoms with Crippen LogP contribution in [-0.2, 0) is 0 Å². The van der Waals surface area contributed by atoms with Crippen molar-refractivity contribution in [1.29, 1.82) is 0 Å². The maximum atomic E-state index is 4.71. The molecule has 2 nitrogen and oxygen atoms in total. The van der Waals surface area contributed by atoms with E-state index in [1.165, 1.54) is 74.0 Å². The maximum Gasteiger partial charge on any atom is 0.116 e. The highest BCUT2D eigenvalue weighted by Gasteiger charge is 2.14. The maximum absolute atomic E-state index is 4.71. The summed E-state index contributed by atoms with van der Waals surface area (Å²) in [6, 6.07) is 50.8. The van der Waals surface area contributed by atoms with Crippen molar-refractivity contribution in [3.8, 4) is 22.5 Å². The fourth-order valence-electron chi connectivity index (χ4n) is 7.18. The highest BCUT2D eigenvalue weighted by Crippen LogP contribution is 2.42. The van der Waals surface area contributed by atoms with Gasteiger partial charge < -0.3 is 0 Å². The zero-order valence-electron chi connectivity index (χ0n) is 24.2. The number of aromatic nitrogens is 2. The van der Waals surface area contributed by atoms with E-state index in [2.05, 4.69) is 145 Å². The van der Waals surface area contributed by atoms with Crippen LogP contribution in [0.5, 0.6) is 0 Å². The molecule has 208 valence electrons. The molecule has 0 N–H and O–H groups in total. The summed E-state index contributed by atoms with van der Waals surface area (Å²) in [5.74, 6) is 0. The van der Waals surface area contributed by atoms with Gasteiger partial charge in [-0.05, 0) is 84.2 Å². The first-order valence-electron chi connectivity index (χ1n) is 15.2. The van der Waals surface area contributed by atoms with Gasteiger partial charge in [-0.15, -0.1) is 11.3 Å². The van der Waals surface area contributed by atoms with E-state index in [0.717, 1.165) is 22.5 Å². The van der Waals surface area contributed by atoms with Crippen molar-refractivity contribution in [2.24, 2.45) is 0 Å². The molecule has 0 saturated heterocycles. The predicted octanol–water partition coefficient (Wildman–Crippen LogP) is 11.9. The summed E-state index contributed by atoms with van der Waals surface area (Å²) in [6.07, 6.45) is 1.69. The monoisotopic (exact) mass is 588 g/mol. The van der Waals surface area contributed by atoms with Gasteiger partial charge in [0, 0.05) is 31.3 Å². The second-order valence-electron chi connectivity index (χ2n) is 11.8. The average molecular weight is 589 g/mol. The van der Waals surface area contributed by atoms with E-state index in [9.17, 15) is 0 Å². The molecule has 0 atom stereocenters. The van der Waals surface area contributed by atoms with Gasteiger partial charge in [0.15, 0.2) is 0 Å². The third-order valence-electron chi connectivity index (χ3n) is 9.34. The highest BCUT2D eigenvalue weighted by atomic mass is 32.1. The van der Waals surface area contributed by atoms with E-state index >= 15 is 0 Å². The number of rotatable bonds is 2. The minimum absolute atomic E-state index is 0.927. The van der Waals surface area contributed by atoms with Crippen molar-refractivity contribution >= 4 is 85.4 Å². The summed E-state index contributed by atoms with van der Waals surface area (Å²) in [5, 5.41) is 15.4. The van der Waals surface area contributed by atoms with Gasteiger partial charge in [0.2, 0.25) is 0 Å². The molecule has 0 radical (unpaired) electrons. The Morgan fingerprint density at radius 3 is 1.60 bits per heavy atom. The Balaban J connectivity index is 1.11. The minimum Gasteiger partial charge on any atom is -0.236 e. The average Bonchev–Trinajstić information content (AvgIpc) is 3.47. The van der Waals surface area contributed by atoms with Crippen LogP contribution in [0.3, 0.4) is 0 Å². The lowest BCUT2D eigenvalue weighted by molar-refractivity contribution is 1.18. The fourth-order valence-corrected chi connectivity index (χ4v) is 8.35. The first-order chi connectivity index (χ1) is 22.3. The Hall–Kier alpha value is -5.64. The first-order valence-corrected chi connectivity index (χ1v) is 16.0. The summed E-state index contributed by atoms with van der Waals surface area (Å²) >= 11 is 1.86. The summed E-state index contributed by atoms with van der Waals surface area (Å²) in [4.78, 5) is 9.38. The number of nitrogens with zero attached hydrogens (tertiary/aromatic N) is 2. The summed E-state index contributed by atoms with van der Waals surface area (Å²) in [5.41, 5.74) is 4.05. The van der Waals surface area contributed by atoms with Crippen molar-refractivity contribution in [1.82, 2.24) is 9.97 Å². The number of hydrogen-bond donors (Lipinski definition) is 0. The molecule has 0 fully saturated rings. The van der Waals surface area contributed by atoms with E-state index < -0.39 is 0 Å². The molecule has 0 unspecified atom stereocenters. The van der Waals surface area contributed by atoms with Gasteiger partial charge in [0.25, 0.3) is 0 Å². The molecule has 0 aliphatic rings. The van der Waals surface area contributed by atoms with Gasteiger partial charge in [-0.2, -0.15) is 0 Å². The Labute approximate surface area is 262 Å². The molecular formula is C42H24N2S. The molecular weight excluding hydrogens is 565 g/mol. The smallest absolute Gasteiger partial charge is 0.116 e. The van der Waals surface area contributed by atoms with Crippen LogP contribution < -0.4 is 0 Å². The van der Waals surface area contributed by atoms with Crippen LogP contribution in [0.2, 0.25) is 0 Å². The molecule has 0 bridgehead atoms. The Kier molecular flexibility index (Phi) is 5.19. The van der Waals surface area contributed by atoms with Crippen molar-refractivity contribution in [2.75, 3.05) is 0 Å². The van der Waals surface area contributed by atoms with Crippen LogP contribution in [0.1, 0.15) is 0 Å². The van der Waals surface area contributed by atoms with Crippen LogP contribution >= 0.6 is 11.3 Å². The van der Waals surface area contributed by atoms with E-state index in [1.54, 1.807) is 6.33 Å². The largest absolute Gasteiger partial charge is 0.236 e. The van der Waals surface area contributed by atoms with Crippen LogP contribution in [0, 0.1) is 0 Å². The zero-order valence-corrected chi connectivity index (χ0v) is 25.0. The summed E-state index contributed by atoms with van der Waals surface area (Å²) in [6.45, 7) is 0. The van der Waals surface area contributed by atoms with Crippen molar-refractivity contribution in [2.45, 2.75) is 0 Å². The molecule has 0 aliphatic carbocycles. The standard InChI is InChI=1S/C42H24N2S/c1-2-8-29-25(7-1)13-14-26-19-27(15-17-30(26)29)39-23-40(44-24-43-39)28-16-18-35-38-21-36-33-11-5-3-9-31(33)32-10-4-6-12-34(32)37(36)22-42(38)45-41(35)20-28/h1-24H. The fraction of sp³-hybridized carbons (Fsp3) is 0. The van der Waals surface area contributed by atoms with Gasteiger partial charge in [-0.3, -0.25) is 0 Å². The lowest BCUT2D eigenvalue weighted by atomic mass is 9.93. The molecule has 0 spiro atoms. The van der Waals surface area contributed by atoms with Crippen molar-refractivity contribution < 1.29 is 0 Å². The van der Waals surface area contributed by atoms with E-state index in [0.29, 0.717) is 0 Å². The molecule has 0 amide bonds. The summed E-state index contributed by atoms with van der Waals surface area (Å²) in [7, 11) is 0. The molecule has 3 heteroatoms. The zero-order chi connectivity index (χ0) is 29.5. The van der Waals surface area contributed by atoms with Crippen LogP contribution in [-0.4, -0.2) is 9.97 Å². The van der Waals surface area contributed by atoms with E-state index in [1.807, 2.05) is 11.3 Å². The molecule has 10 aromatic rings.